The van der Waals surface area contributed by atoms with E-state index in [0.717, 1.165) is 25.6 Å². The van der Waals surface area contributed by atoms with Gasteiger partial charge in [0.15, 0.2) is 0 Å². The summed E-state index contributed by atoms with van der Waals surface area (Å²) in [7, 11) is 0. The maximum absolute atomic E-state index is 10.7. The minimum atomic E-state index is -0.688. The molecule has 0 amide bonds. The van der Waals surface area contributed by atoms with Gasteiger partial charge in [-0.05, 0) is 31.2 Å². The van der Waals surface area contributed by atoms with Gasteiger partial charge >= 0.3 is 5.97 Å². The second-order valence-corrected chi connectivity index (χ2v) is 6.65. The van der Waals surface area contributed by atoms with Gasteiger partial charge in [-0.1, -0.05) is 33.6 Å². The summed E-state index contributed by atoms with van der Waals surface area (Å²) in [5, 5.41) is 12.5. The zero-order chi connectivity index (χ0) is 15.0. The van der Waals surface area contributed by atoms with Crippen LogP contribution < -0.4 is 5.32 Å². The summed E-state index contributed by atoms with van der Waals surface area (Å²) in [4.78, 5) is 13.1. The molecule has 0 aromatic rings. The van der Waals surface area contributed by atoms with Gasteiger partial charge in [-0.25, -0.2) is 0 Å². The van der Waals surface area contributed by atoms with Crippen molar-refractivity contribution in [1.82, 2.24) is 10.2 Å². The van der Waals surface area contributed by atoms with Gasteiger partial charge in [0.25, 0.3) is 0 Å². The Morgan fingerprint density at radius 1 is 1.40 bits per heavy atom. The van der Waals surface area contributed by atoms with E-state index in [1.165, 1.54) is 25.7 Å². The first-order chi connectivity index (χ1) is 9.51. The number of carbonyl (C=O) groups is 1. The van der Waals surface area contributed by atoms with Crippen molar-refractivity contribution in [2.45, 2.75) is 58.9 Å². The Morgan fingerprint density at radius 2 is 2.15 bits per heavy atom. The number of aliphatic carboxylic acids is 1. The third-order valence-corrected chi connectivity index (χ3v) is 4.04. The van der Waals surface area contributed by atoms with Crippen LogP contribution in [0, 0.1) is 11.8 Å². The van der Waals surface area contributed by atoms with Gasteiger partial charge in [-0.3, -0.25) is 4.79 Å². The number of piperidine rings is 1. The van der Waals surface area contributed by atoms with E-state index >= 15 is 0 Å². The van der Waals surface area contributed by atoms with Gasteiger partial charge in [0, 0.05) is 25.7 Å². The van der Waals surface area contributed by atoms with Crippen molar-refractivity contribution >= 4 is 5.97 Å². The Kier molecular flexibility index (Phi) is 8.15. The number of carboxylic acid groups (broad SMARTS) is 1. The van der Waals surface area contributed by atoms with E-state index in [2.05, 4.69) is 31.0 Å². The van der Waals surface area contributed by atoms with Crippen LogP contribution >= 0.6 is 0 Å². The molecule has 0 spiro atoms. The zero-order valence-electron chi connectivity index (χ0n) is 13.4. The summed E-state index contributed by atoms with van der Waals surface area (Å²) in [6.07, 6.45) is 5.32. The van der Waals surface area contributed by atoms with Crippen LogP contribution in [0.3, 0.4) is 0 Å². The van der Waals surface area contributed by atoms with E-state index < -0.39 is 5.97 Å². The largest absolute Gasteiger partial charge is 0.481 e. The molecule has 4 nitrogen and oxygen atoms in total. The molecule has 1 fully saturated rings. The summed E-state index contributed by atoms with van der Waals surface area (Å²) >= 11 is 0. The topological polar surface area (TPSA) is 52.6 Å². The highest BCUT2D eigenvalue weighted by molar-refractivity contribution is 5.66. The summed E-state index contributed by atoms with van der Waals surface area (Å²) in [6, 6.07) is 0.529. The molecule has 2 atom stereocenters. The summed E-state index contributed by atoms with van der Waals surface area (Å²) in [6.45, 7) is 10.5. The highest BCUT2D eigenvalue weighted by atomic mass is 16.4. The molecule has 1 saturated heterocycles. The molecule has 20 heavy (non-hydrogen) atoms. The van der Waals surface area contributed by atoms with Crippen LogP contribution in [0.2, 0.25) is 0 Å². The highest BCUT2D eigenvalue weighted by Crippen LogP contribution is 2.22. The number of nitrogens with one attached hydrogen (secondary N) is 1. The van der Waals surface area contributed by atoms with Gasteiger partial charge in [0.2, 0.25) is 0 Å². The molecule has 1 aliphatic rings. The average Bonchev–Trinajstić information content (AvgIpc) is 2.40. The zero-order valence-corrected chi connectivity index (χ0v) is 13.4. The Balaban J connectivity index is 2.45. The molecule has 4 heteroatoms. The molecule has 0 bridgehead atoms. The van der Waals surface area contributed by atoms with Gasteiger partial charge in [-0.15, -0.1) is 0 Å². The first-order valence-electron chi connectivity index (χ1n) is 8.18. The lowest BCUT2D eigenvalue weighted by atomic mass is 9.89. The van der Waals surface area contributed by atoms with Crippen molar-refractivity contribution < 1.29 is 9.90 Å². The maximum atomic E-state index is 10.7. The second-order valence-electron chi connectivity index (χ2n) is 6.65. The van der Waals surface area contributed by atoms with Crippen molar-refractivity contribution in [1.29, 1.82) is 0 Å². The Morgan fingerprint density at radius 3 is 2.75 bits per heavy atom. The SMILES string of the molecule is CCCCC1CC(NCC(C)C)CN(CCC(=O)O)C1. The lowest BCUT2D eigenvalue weighted by Crippen LogP contribution is -2.50. The van der Waals surface area contributed by atoms with Gasteiger partial charge < -0.3 is 15.3 Å². The second kappa shape index (κ2) is 9.35. The molecule has 0 aromatic carbocycles. The van der Waals surface area contributed by atoms with Crippen molar-refractivity contribution in [2.24, 2.45) is 11.8 Å². The quantitative estimate of drug-likeness (QED) is 0.683. The molecule has 0 saturated carbocycles. The molecule has 1 heterocycles. The number of nitrogens with zero attached hydrogens (tertiary/aromatic N) is 1. The van der Waals surface area contributed by atoms with Crippen LogP contribution in [-0.4, -0.2) is 48.2 Å². The Bertz CT molecular complexity index is 282. The lowest BCUT2D eigenvalue weighted by Gasteiger charge is -2.38. The number of rotatable bonds is 9. The summed E-state index contributed by atoms with van der Waals surface area (Å²) in [5.41, 5.74) is 0. The van der Waals surface area contributed by atoms with E-state index in [1.807, 2.05) is 0 Å². The third kappa shape index (κ3) is 7.25. The normalized spacial score (nSPS) is 24.2. The van der Waals surface area contributed by atoms with Gasteiger partial charge in [-0.2, -0.15) is 0 Å². The molecular formula is C16H32N2O2. The Hall–Kier alpha value is -0.610. The van der Waals surface area contributed by atoms with Crippen LogP contribution in [0.15, 0.2) is 0 Å². The molecule has 1 rings (SSSR count). The number of likely N-dealkylation sites (tertiary alicyclic amines) is 1. The first kappa shape index (κ1) is 17.4. The van der Waals surface area contributed by atoms with Crippen LogP contribution in [0.25, 0.3) is 0 Å². The van der Waals surface area contributed by atoms with Crippen molar-refractivity contribution in [2.75, 3.05) is 26.2 Å². The van der Waals surface area contributed by atoms with Crippen LogP contribution in [-0.2, 0) is 4.79 Å². The predicted octanol–water partition coefficient (Wildman–Crippen LogP) is 2.59. The standard InChI is InChI=1S/C16H32N2O2/c1-4-5-6-14-9-15(17-10-13(2)3)12-18(11-14)8-7-16(19)20/h13-15,17H,4-12H2,1-3H3,(H,19,20). The first-order valence-corrected chi connectivity index (χ1v) is 8.18. The number of hydrogen-bond donors (Lipinski definition) is 2. The molecule has 0 radical (unpaired) electrons. The fourth-order valence-electron chi connectivity index (χ4n) is 2.99. The fraction of sp³-hybridized carbons (Fsp3) is 0.938. The molecule has 0 aliphatic carbocycles. The predicted molar refractivity (Wildman–Crippen MR) is 83.0 cm³/mol. The third-order valence-electron chi connectivity index (χ3n) is 4.04. The number of hydrogen-bond acceptors (Lipinski definition) is 3. The van der Waals surface area contributed by atoms with E-state index in [9.17, 15) is 4.79 Å². The van der Waals surface area contributed by atoms with Crippen molar-refractivity contribution in [3.8, 4) is 0 Å². The summed E-state index contributed by atoms with van der Waals surface area (Å²) in [5.74, 6) is 0.702. The molecule has 1 aliphatic heterocycles. The van der Waals surface area contributed by atoms with E-state index in [-0.39, 0.29) is 6.42 Å². The molecule has 0 aromatic heterocycles. The lowest BCUT2D eigenvalue weighted by molar-refractivity contribution is -0.137. The van der Waals surface area contributed by atoms with Gasteiger partial charge in [0.1, 0.15) is 0 Å². The number of carboxylic acids is 1. The van der Waals surface area contributed by atoms with Crippen LogP contribution in [0.5, 0.6) is 0 Å². The Labute approximate surface area is 123 Å². The van der Waals surface area contributed by atoms with E-state index in [1.54, 1.807) is 0 Å². The number of unbranched alkanes of at least 4 members (excludes halogenated alkanes) is 1. The van der Waals surface area contributed by atoms with Crippen LogP contribution in [0.1, 0.15) is 52.9 Å². The van der Waals surface area contributed by atoms with E-state index in [0.29, 0.717) is 18.5 Å². The van der Waals surface area contributed by atoms with Crippen molar-refractivity contribution in [3.63, 3.8) is 0 Å². The smallest absolute Gasteiger partial charge is 0.304 e. The molecular weight excluding hydrogens is 252 g/mol. The molecule has 2 N–H and O–H groups in total. The van der Waals surface area contributed by atoms with Crippen molar-refractivity contribution in [3.05, 3.63) is 0 Å². The maximum Gasteiger partial charge on any atom is 0.304 e. The molecule has 118 valence electrons. The fourth-order valence-corrected chi connectivity index (χ4v) is 2.99. The highest BCUT2D eigenvalue weighted by Gasteiger charge is 2.26. The summed E-state index contributed by atoms with van der Waals surface area (Å²) < 4.78 is 0. The van der Waals surface area contributed by atoms with E-state index in [4.69, 9.17) is 5.11 Å². The minimum absolute atomic E-state index is 0.261. The molecule has 2 unspecified atom stereocenters. The van der Waals surface area contributed by atoms with Crippen LogP contribution in [0.4, 0.5) is 0 Å². The average molecular weight is 284 g/mol. The van der Waals surface area contributed by atoms with Gasteiger partial charge in [0.05, 0.1) is 6.42 Å². The monoisotopic (exact) mass is 284 g/mol. The minimum Gasteiger partial charge on any atom is -0.481 e.